The number of nitrogens with zero attached hydrogens (tertiary/aromatic N) is 1. The standard InChI is InChI=1S/C11H15BrN2O2/c1-4-11(2,16-3)10(15)14-9-6-5-8(12)7-13-9/h5-7H,4H2,1-3H3,(H,13,14,15). The number of pyridine rings is 1. The number of carbonyl (C=O) groups is 1. The highest BCUT2D eigenvalue weighted by Crippen LogP contribution is 2.17. The topological polar surface area (TPSA) is 51.2 Å². The summed E-state index contributed by atoms with van der Waals surface area (Å²) in [6.45, 7) is 3.65. The number of hydrogen-bond acceptors (Lipinski definition) is 3. The molecule has 0 aliphatic carbocycles. The Bertz CT molecular complexity index is 361. The minimum atomic E-state index is -0.811. The quantitative estimate of drug-likeness (QED) is 0.926. The van der Waals surface area contributed by atoms with Crippen molar-refractivity contribution >= 4 is 27.7 Å². The largest absolute Gasteiger partial charge is 0.369 e. The molecule has 0 saturated carbocycles. The third-order valence-corrected chi connectivity index (χ3v) is 3.04. The van der Waals surface area contributed by atoms with E-state index < -0.39 is 5.60 Å². The van der Waals surface area contributed by atoms with Crippen molar-refractivity contribution in [2.24, 2.45) is 0 Å². The minimum Gasteiger partial charge on any atom is -0.369 e. The molecule has 0 aromatic carbocycles. The van der Waals surface area contributed by atoms with Gasteiger partial charge in [-0.3, -0.25) is 4.79 Å². The first-order chi connectivity index (χ1) is 7.51. The van der Waals surface area contributed by atoms with Gasteiger partial charge in [-0.25, -0.2) is 4.98 Å². The van der Waals surface area contributed by atoms with E-state index in [0.29, 0.717) is 12.2 Å². The average molecular weight is 287 g/mol. The summed E-state index contributed by atoms with van der Waals surface area (Å²) in [6.07, 6.45) is 2.23. The van der Waals surface area contributed by atoms with E-state index in [4.69, 9.17) is 4.74 Å². The van der Waals surface area contributed by atoms with Gasteiger partial charge in [-0.1, -0.05) is 6.92 Å². The fourth-order valence-corrected chi connectivity index (χ4v) is 1.33. The molecule has 0 aliphatic rings. The molecule has 0 saturated heterocycles. The van der Waals surface area contributed by atoms with E-state index in [9.17, 15) is 4.79 Å². The predicted octanol–water partition coefficient (Wildman–Crippen LogP) is 2.60. The summed E-state index contributed by atoms with van der Waals surface area (Å²) < 4.78 is 6.07. The molecule has 0 spiro atoms. The Morgan fingerprint density at radius 2 is 2.31 bits per heavy atom. The molecule has 0 radical (unpaired) electrons. The molecule has 5 heteroatoms. The molecule has 16 heavy (non-hydrogen) atoms. The Morgan fingerprint density at radius 3 is 2.75 bits per heavy atom. The molecule has 1 N–H and O–H groups in total. The number of halogens is 1. The summed E-state index contributed by atoms with van der Waals surface area (Å²) in [6, 6.07) is 3.55. The molecule has 0 fully saturated rings. The number of hydrogen-bond donors (Lipinski definition) is 1. The maximum absolute atomic E-state index is 11.9. The number of amides is 1. The summed E-state index contributed by atoms with van der Waals surface area (Å²) in [4.78, 5) is 16.0. The van der Waals surface area contributed by atoms with Crippen LogP contribution in [0.15, 0.2) is 22.8 Å². The number of aromatic nitrogens is 1. The first-order valence-electron chi connectivity index (χ1n) is 5.00. The zero-order valence-electron chi connectivity index (χ0n) is 9.58. The lowest BCUT2D eigenvalue weighted by Crippen LogP contribution is -2.41. The minimum absolute atomic E-state index is 0.188. The van der Waals surface area contributed by atoms with E-state index in [1.165, 1.54) is 7.11 Å². The summed E-state index contributed by atoms with van der Waals surface area (Å²) in [5.41, 5.74) is -0.811. The van der Waals surface area contributed by atoms with E-state index >= 15 is 0 Å². The SMILES string of the molecule is CCC(C)(OC)C(=O)Nc1ccc(Br)cn1. The van der Waals surface area contributed by atoms with Crippen LogP contribution in [0.5, 0.6) is 0 Å². The lowest BCUT2D eigenvalue weighted by molar-refractivity contribution is -0.136. The zero-order valence-corrected chi connectivity index (χ0v) is 11.2. The molecule has 88 valence electrons. The second-order valence-corrected chi connectivity index (χ2v) is 4.52. The van der Waals surface area contributed by atoms with Gasteiger partial charge in [-0.15, -0.1) is 0 Å². The van der Waals surface area contributed by atoms with E-state index in [0.717, 1.165) is 4.47 Å². The third-order valence-electron chi connectivity index (χ3n) is 2.57. The summed E-state index contributed by atoms with van der Waals surface area (Å²) in [7, 11) is 1.53. The van der Waals surface area contributed by atoms with E-state index in [1.807, 2.05) is 13.0 Å². The van der Waals surface area contributed by atoms with Gasteiger partial charge in [0, 0.05) is 17.8 Å². The van der Waals surface area contributed by atoms with Crippen LogP contribution in [0.3, 0.4) is 0 Å². The van der Waals surface area contributed by atoms with E-state index in [2.05, 4.69) is 26.2 Å². The molecule has 1 heterocycles. The van der Waals surface area contributed by atoms with Crippen molar-refractivity contribution in [3.63, 3.8) is 0 Å². The Labute approximate surface area is 104 Å². The number of nitrogens with one attached hydrogen (secondary N) is 1. The lowest BCUT2D eigenvalue weighted by atomic mass is 10.0. The highest BCUT2D eigenvalue weighted by molar-refractivity contribution is 9.10. The Morgan fingerprint density at radius 1 is 1.62 bits per heavy atom. The second-order valence-electron chi connectivity index (χ2n) is 3.60. The highest BCUT2D eigenvalue weighted by Gasteiger charge is 2.31. The van der Waals surface area contributed by atoms with E-state index in [-0.39, 0.29) is 5.91 Å². The van der Waals surface area contributed by atoms with Crippen molar-refractivity contribution in [3.05, 3.63) is 22.8 Å². The maximum atomic E-state index is 11.9. The van der Waals surface area contributed by atoms with Crippen molar-refractivity contribution in [3.8, 4) is 0 Å². The van der Waals surface area contributed by atoms with Crippen LogP contribution in [0.4, 0.5) is 5.82 Å². The van der Waals surface area contributed by atoms with Crippen molar-refractivity contribution in [1.82, 2.24) is 4.98 Å². The average Bonchev–Trinajstić information content (AvgIpc) is 2.31. The van der Waals surface area contributed by atoms with Crippen LogP contribution in [0.1, 0.15) is 20.3 Å². The molecule has 0 bridgehead atoms. The monoisotopic (exact) mass is 286 g/mol. The van der Waals surface area contributed by atoms with Gasteiger partial charge in [0.25, 0.3) is 5.91 Å². The van der Waals surface area contributed by atoms with Gasteiger partial charge in [0.2, 0.25) is 0 Å². The van der Waals surface area contributed by atoms with Crippen LogP contribution >= 0.6 is 15.9 Å². The van der Waals surface area contributed by atoms with Crippen molar-refractivity contribution in [1.29, 1.82) is 0 Å². The number of carbonyl (C=O) groups excluding carboxylic acids is 1. The fraction of sp³-hybridized carbons (Fsp3) is 0.455. The normalized spacial score (nSPS) is 14.2. The van der Waals surface area contributed by atoms with Gasteiger partial charge in [-0.05, 0) is 41.4 Å². The highest BCUT2D eigenvalue weighted by atomic mass is 79.9. The van der Waals surface area contributed by atoms with Crippen LogP contribution in [0, 0.1) is 0 Å². The number of ether oxygens (including phenoxy) is 1. The fourth-order valence-electron chi connectivity index (χ4n) is 1.10. The zero-order chi connectivity index (χ0) is 12.2. The molecule has 1 aromatic rings. The van der Waals surface area contributed by atoms with Gasteiger partial charge in [0.1, 0.15) is 11.4 Å². The number of rotatable bonds is 4. The maximum Gasteiger partial charge on any atom is 0.257 e. The number of methoxy groups -OCH3 is 1. The molecule has 1 aromatic heterocycles. The van der Waals surface area contributed by atoms with Crippen LogP contribution in [-0.4, -0.2) is 23.6 Å². The summed E-state index contributed by atoms with van der Waals surface area (Å²) >= 11 is 3.28. The Balaban J connectivity index is 2.74. The molecular weight excluding hydrogens is 272 g/mol. The van der Waals surface area contributed by atoms with Crippen LogP contribution in [0.2, 0.25) is 0 Å². The van der Waals surface area contributed by atoms with Crippen LogP contribution in [-0.2, 0) is 9.53 Å². The van der Waals surface area contributed by atoms with Crippen LogP contribution in [0.25, 0.3) is 0 Å². The Hall–Kier alpha value is -0.940. The third kappa shape index (κ3) is 3.02. The smallest absolute Gasteiger partial charge is 0.257 e. The molecular formula is C11H15BrN2O2. The second kappa shape index (κ2) is 5.41. The van der Waals surface area contributed by atoms with Gasteiger partial charge >= 0.3 is 0 Å². The number of anilines is 1. The Kier molecular flexibility index (Phi) is 4.44. The first kappa shape index (κ1) is 13.1. The van der Waals surface area contributed by atoms with Crippen molar-refractivity contribution < 1.29 is 9.53 Å². The first-order valence-corrected chi connectivity index (χ1v) is 5.79. The molecule has 1 rings (SSSR count). The summed E-state index contributed by atoms with van der Waals surface area (Å²) in [5, 5.41) is 2.72. The molecule has 4 nitrogen and oxygen atoms in total. The van der Waals surface area contributed by atoms with E-state index in [1.54, 1.807) is 19.2 Å². The van der Waals surface area contributed by atoms with Crippen molar-refractivity contribution in [2.75, 3.05) is 12.4 Å². The van der Waals surface area contributed by atoms with Gasteiger partial charge in [0.15, 0.2) is 0 Å². The predicted molar refractivity (Wildman–Crippen MR) is 66.3 cm³/mol. The molecule has 1 atom stereocenters. The van der Waals surface area contributed by atoms with Gasteiger partial charge < -0.3 is 10.1 Å². The molecule has 1 unspecified atom stereocenters. The molecule has 0 aliphatic heterocycles. The summed E-state index contributed by atoms with van der Waals surface area (Å²) in [5.74, 6) is 0.331. The van der Waals surface area contributed by atoms with Gasteiger partial charge in [-0.2, -0.15) is 0 Å². The lowest BCUT2D eigenvalue weighted by Gasteiger charge is -2.24. The van der Waals surface area contributed by atoms with Crippen molar-refractivity contribution in [2.45, 2.75) is 25.9 Å². The molecule has 1 amide bonds. The van der Waals surface area contributed by atoms with Crippen LogP contribution < -0.4 is 5.32 Å². The van der Waals surface area contributed by atoms with Gasteiger partial charge in [0.05, 0.1) is 0 Å².